The number of hydrogen-bond acceptors (Lipinski definition) is 0. The van der Waals surface area contributed by atoms with Crippen molar-refractivity contribution in [3.63, 3.8) is 0 Å². The maximum absolute atomic E-state index is 12.9. The third-order valence-corrected chi connectivity index (χ3v) is 11.0. The molecule has 0 nitrogen and oxygen atoms in total. The second-order valence-corrected chi connectivity index (χ2v) is 19.5. The van der Waals surface area contributed by atoms with Crippen LogP contribution in [0, 0.1) is 53.5 Å². The highest BCUT2D eigenvalue weighted by atomic mass is 19.2. The molecule has 0 aliphatic carbocycles. The summed E-state index contributed by atoms with van der Waals surface area (Å²) in [5.74, 6) is -0.768. The van der Waals surface area contributed by atoms with Gasteiger partial charge in [0.1, 0.15) is 34.9 Å². The fourth-order valence-electron chi connectivity index (χ4n) is 6.62. The van der Waals surface area contributed by atoms with Crippen molar-refractivity contribution in [2.24, 2.45) is 0 Å². The SMILES string of the molecule is CC(C)c1c(F)cccc1F.CC(C)c1ccc(F)cc1.CC(C)c1cccc(F)c1.CC(C)c1cccc(F)c1F.CC(C)c1ccccc1.CC(C)c1ccccc1F.Cc1cc(F)cc(C(C)C)c1. The predicted molar refractivity (Wildman–Crippen MR) is 288 cm³/mol. The van der Waals surface area contributed by atoms with Crippen molar-refractivity contribution in [2.75, 3.05) is 0 Å². The lowest BCUT2D eigenvalue weighted by molar-refractivity contribution is 0.494. The molecule has 0 heterocycles. The zero-order valence-corrected chi connectivity index (χ0v) is 45.1. The molecule has 8 heteroatoms. The Balaban J connectivity index is 0.000000420. The first-order chi connectivity index (χ1) is 33.8. The van der Waals surface area contributed by atoms with Crippen molar-refractivity contribution in [1.82, 2.24) is 0 Å². The summed E-state index contributed by atoms with van der Waals surface area (Å²) in [5.41, 5.74) is 7.12. The smallest absolute Gasteiger partial charge is 0.162 e. The molecule has 0 fully saturated rings. The number of benzene rings is 7. The van der Waals surface area contributed by atoms with Crippen LogP contribution in [-0.2, 0) is 0 Å². The van der Waals surface area contributed by atoms with E-state index in [9.17, 15) is 35.1 Å². The topological polar surface area (TPSA) is 0 Å². The molecule has 0 unspecified atom stereocenters. The van der Waals surface area contributed by atoms with E-state index in [0.717, 1.165) is 28.3 Å². The molecule has 0 atom stereocenters. The zero-order chi connectivity index (χ0) is 54.7. The first kappa shape index (κ1) is 64.0. The summed E-state index contributed by atoms with van der Waals surface area (Å²) in [6, 6.07) is 44.1. The van der Waals surface area contributed by atoms with Gasteiger partial charge in [0.2, 0.25) is 0 Å². The molecular weight excluding hydrogens is 921 g/mol. The molecule has 0 saturated heterocycles. The molecule has 0 aliphatic rings. The first-order valence-electron chi connectivity index (χ1n) is 24.7. The maximum Gasteiger partial charge on any atom is 0.162 e. The molecular formula is C64H78F8. The van der Waals surface area contributed by atoms with Crippen molar-refractivity contribution >= 4 is 0 Å². The Bertz CT molecular complexity index is 2520. The lowest BCUT2D eigenvalue weighted by atomic mass is 10.0. The molecule has 0 bridgehead atoms. The standard InChI is InChI=1S/C10H13F.2C9H10F2.3C9H11F.C9H12/c1-7(2)9-4-8(3)5-10(11)6-9;1-6(2)9-7(10)4-3-5-8(9)11;1-6(2)7-4-3-5-8(10)9(7)11;1-7(2)8-3-5-9(10)6-4-8;1-7(2)8-4-3-5-9(10)6-8;1-7(2)8-5-3-4-6-9(8)10;1-8(2)9-6-4-3-5-7-9/h4-7H,1-3H3;2*3-6H,1-2H3;3*3-7H,1-2H3;3-8H,1-2H3. The van der Waals surface area contributed by atoms with Gasteiger partial charge in [0.15, 0.2) is 11.6 Å². The van der Waals surface area contributed by atoms with E-state index in [2.05, 4.69) is 79.7 Å². The van der Waals surface area contributed by atoms with Crippen LogP contribution in [0.2, 0.25) is 0 Å². The summed E-state index contributed by atoms with van der Waals surface area (Å²) >= 11 is 0. The molecule has 0 amide bonds. The van der Waals surface area contributed by atoms with Gasteiger partial charge in [-0.25, -0.2) is 35.1 Å². The average Bonchev–Trinajstić information content (AvgIpc) is 3.31. The lowest BCUT2D eigenvalue weighted by Gasteiger charge is -2.06. The van der Waals surface area contributed by atoms with Gasteiger partial charge in [-0.2, -0.15) is 0 Å². The first-order valence-corrected chi connectivity index (χ1v) is 24.7. The predicted octanol–water partition coefficient (Wildman–Crippen LogP) is 21.1. The fraction of sp³-hybridized carbons (Fsp3) is 0.344. The van der Waals surface area contributed by atoms with Gasteiger partial charge in [-0.05, 0) is 148 Å². The maximum atomic E-state index is 12.9. The normalized spacial score (nSPS) is 10.5. The van der Waals surface area contributed by atoms with Crippen LogP contribution in [0.1, 0.15) is 183 Å². The van der Waals surface area contributed by atoms with E-state index in [-0.39, 0.29) is 46.6 Å². The fourth-order valence-corrected chi connectivity index (χ4v) is 6.62. The van der Waals surface area contributed by atoms with Crippen LogP contribution in [0.3, 0.4) is 0 Å². The molecule has 0 saturated carbocycles. The highest BCUT2D eigenvalue weighted by molar-refractivity contribution is 5.27. The molecule has 0 N–H and O–H groups in total. The largest absolute Gasteiger partial charge is 0.207 e. The van der Waals surface area contributed by atoms with Crippen molar-refractivity contribution in [2.45, 2.75) is 145 Å². The van der Waals surface area contributed by atoms with Gasteiger partial charge < -0.3 is 0 Å². The van der Waals surface area contributed by atoms with Crippen LogP contribution < -0.4 is 0 Å². The summed E-state index contributed by atoms with van der Waals surface area (Å²) in [7, 11) is 0. The van der Waals surface area contributed by atoms with Crippen LogP contribution in [0.5, 0.6) is 0 Å². The van der Waals surface area contributed by atoms with Crippen molar-refractivity contribution in [3.05, 3.63) is 249 Å². The summed E-state index contributed by atoms with van der Waals surface area (Å²) in [6.45, 7) is 29.9. The zero-order valence-electron chi connectivity index (χ0n) is 45.1. The van der Waals surface area contributed by atoms with E-state index in [1.165, 1.54) is 59.7 Å². The third-order valence-electron chi connectivity index (χ3n) is 11.0. The summed E-state index contributed by atoms with van der Waals surface area (Å²) < 4.78 is 102. The second-order valence-electron chi connectivity index (χ2n) is 19.5. The monoisotopic (exact) mass is 999 g/mol. The Morgan fingerprint density at radius 2 is 0.667 bits per heavy atom. The molecule has 390 valence electrons. The Morgan fingerprint density at radius 3 is 1.06 bits per heavy atom. The minimum Gasteiger partial charge on any atom is -0.207 e. The van der Waals surface area contributed by atoms with Crippen molar-refractivity contribution < 1.29 is 35.1 Å². The molecule has 0 spiro atoms. The van der Waals surface area contributed by atoms with Crippen molar-refractivity contribution in [3.8, 4) is 0 Å². The molecule has 0 aromatic heterocycles. The van der Waals surface area contributed by atoms with E-state index in [1.54, 1.807) is 50.2 Å². The van der Waals surface area contributed by atoms with Crippen LogP contribution in [0.4, 0.5) is 35.1 Å². The Hall–Kier alpha value is -6.02. The van der Waals surface area contributed by atoms with E-state index < -0.39 is 23.3 Å². The number of rotatable bonds is 7. The van der Waals surface area contributed by atoms with Gasteiger partial charge in [0, 0.05) is 5.56 Å². The molecule has 72 heavy (non-hydrogen) atoms. The number of halogens is 8. The molecule has 0 radical (unpaired) electrons. The highest BCUT2D eigenvalue weighted by Gasteiger charge is 2.11. The Kier molecular flexibility index (Phi) is 29.9. The van der Waals surface area contributed by atoms with E-state index in [4.69, 9.17) is 0 Å². The van der Waals surface area contributed by atoms with Crippen LogP contribution in [0.25, 0.3) is 0 Å². The summed E-state index contributed by atoms with van der Waals surface area (Å²) in [4.78, 5) is 0. The van der Waals surface area contributed by atoms with Crippen LogP contribution in [-0.4, -0.2) is 0 Å². The molecule has 7 aromatic rings. The van der Waals surface area contributed by atoms with Gasteiger partial charge in [0.25, 0.3) is 0 Å². The summed E-state index contributed by atoms with van der Waals surface area (Å²) in [6.07, 6.45) is 0. The Labute approximate surface area is 427 Å². The van der Waals surface area contributed by atoms with Gasteiger partial charge >= 0.3 is 0 Å². The summed E-state index contributed by atoms with van der Waals surface area (Å²) in [5, 5.41) is 0. The third kappa shape index (κ3) is 24.9. The van der Waals surface area contributed by atoms with E-state index in [1.807, 2.05) is 77.1 Å². The number of hydrogen-bond donors (Lipinski definition) is 0. The molecule has 0 aliphatic heterocycles. The average molecular weight is 999 g/mol. The lowest BCUT2D eigenvalue weighted by Crippen LogP contribution is -1.96. The minimum absolute atomic E-state index is 0.0331. The van der Waals surface area contributed by atoms with Crippen molar-refractivity contribution in [1.29, 1.82) is 0 Å². The molecule has 7 rings (SSSR count). The van der Waals surface area contributed by atoms with Gasteiger partial charge in [0.05, 0.1) is 0 Å². The van der Waals surface area contributed by atoms with Gasteiger partial charge in [-0.1, -0.05) is 194 Å². The van der Waals surface area contributed by atoms with E-state index >= 15 is 0 Å². The van der Waals surface area contributed by atoms with Crippen LogP contribution in [0.15, 0.2) is 158 Å². The van der Waals surface area contributed by atoms with Crippen LogP contribution >= 0.6 is 0 Å². The highest BCUT2D eigenvalue weighted by Crippen LogP contribution is 2.23. The second kappa shape index (κ2) is 33.6. The number of aryl methyl sites for hydroxylation is 1. The minimum atomic E-state index is -0.767. The van der Waals surface area contributed by atoms with E-state index in [0.29, 0.717) is 29.2 Å². The molecule has 7 aromatic carbocycles. The Morgan fingerprint density at radius 1 is 0.264 bits per heavy atom. The van der Waals surface area contributed by atoms with Gasteiger partial charge in [-0.3, -0.25) is 0 Å². The van der Waals surface area contributed by atoms with Gasteiger partial charge in [-0.15, -0.1) is 0 Å². The quantitative estimate of drug-likeness (QED) is 0.140.